The Kier molecular flexibility index (Phi) is 5.54. The van der Waals surface area contributed by atoms with Crippen molar-refractivity contribution < 1.29 is 4.79 Å². The maximum atomic E-state index is 13.0. The molecule has 2 aromatic carbocycles. The van der Waals surface area contributed by atoms with Crippen LogP contribution in [0.3, 0.4) is 0 Å². The van der Waals surface area contributed by atoms with Gasteiger partial charge in [0.2, 0.25) is 0 Å². The van der Waals surface area contributed by atoms with Crippen LogP contribution in [-0.2, 0) is 12.0 Å². The minimum atomic E-state index is -0.156. The zero-order valence-corrected chi connectivity index (χ0v) is 17.2. The van der Waals surface area contributed by atoms with Crippen molar-refractivity contribution in [3.8, 4) is 0 Å². The number of hydrogen-bond acceptors (Lipinski definition) is 3. The summed E-state index contributed by atoms with van der Waals surface area (Å²) in [5, 5.41) is 7.72. The van der Waals surface area contributed by atoms with Gasteiger partial charge in [0.05, 0.1) is 12.2 Å². The highest BCUT2D eigenvalue weighted by atomic mass is 16.2. The molecule has 0 aliphatic rings. The van der Waals surface area contributed by atoms with Gasteiger partial charge in [0, 0.05) is 30.9 Å². The van der Waals surface area contributed by atoms with Gasteiger partial charge in [-0.25, -0.2) is 0 Å². The Balaban J connectivity index is 1.88. The van der Waals surface area contributed by atoms with Crippen LogP contribution < -0.4 is 10.2 Å². The molecule has 1 amide bonds. The van der Waals surface area contributed by atoms with Gasteiger partial charge in [0.15, 0.2) is 0 Å². The standard InChI is InChI=1S/C23H28N4O/c1-23(2,3)21-15-20(27(25-21)16-17-9-7-6-8-10-17)22(28)24-18-11-13-19(14-12-18)26(4)5/h6-15H,16H2,1-5H3,(H,24,28). The molecule has 0 radical (unpaired) electrons. The predicted molar refractivity (Wildman–Crippen MR) is 115 cm³/mol. The average Bonchev–Trinajstić information content (AvgIpc) is 3.07. The topological polar surface area (TPSA) is 50.2 Å². The Labute approximate surface area is 167 Å². The molecule has 0 fully saturated rings. The van der Waals surface area contributed by atoms with Crippen molar-refractivity contribution in [2.24, 2.45) is 0 Å². The van der Waals surface area contributed by atoms with Crippen LogP contribution in [0.2, 0.25) is 0 Å². The fourth-order valence-electron chi connectivity index (χ4n) is 2.88. The second kappa shape index (κ2) is 7.89. The van der Waals surface area contributed by atoms with Crippen molar-refractivity contribution in [2.75, 3.05) is 24.3 Å². The number of nitrogens with one attached hydrogen (secondary N) is 1. The van der Waals surface area contributed by atoms with Gasteiger partial charge in [-0.05, 0) is 35.9 Å². The van der Waals surface area contributed by atoms with E-state index in [1.54, 1.807) is 4.68 Å². The Hall–Kier alpha value is -3.08. The molecule has 0 atom stereocenters. The molecule has 0 spiro atoms. The number of benzene rings is 2. The van der Waals surface area contributed by atoms with Crippen LogP contribution in [0.15, 0.2) is 60.7 Å². The molecule has 0 saturated carbocycles. The molecule has 5 heteroatoms. The summed E-state index contributed by atoms with van der Waals surface area (Å²) in [7, 11) is 3.98. The summed E-state index contributed by atoms with van der Waals surface area (Å²) in [5.74, 6) is -0.156. The van der Waals surface area contributed by atoms with Gasteiger partial charge in [0.1, 0.15) is 5.69 Å². The second-order valence-electron chi connectivity index (χ2n) is 8.20. The lowest BCUT2D eigenvalue weighted by Crippen LogP contribution is -2.18. The second-order valence-corrected chi connectivity index (χ2v) is 8.20. The molecule has 1 aromatic heterocycles. The van der Waals surface area contributed by atoms with Crippen molar-refractivity contribution in [1.29, 1.82) is 0 Å². The van der Waals surface area contributed by atoms with Gasteiger partial charge < -0.3 is 10.2 Å². The molecule has 0 unspecified atom stereocenters. The molecule has 0 aliphatic heterocycles. The molecule has 3 rings (SSSR count). The Morgan fingerprint density at radius 2 is 1.68 bits per heavy atom. The SMILES string of the molecule is CN(C)c1ccc(NC(=O)c2cc(C(C)(C)C)nn2Cc2ccccc2)cc1. The van der Waals surface area contributed by atoms with Crippen molar-refractivity contribution in [2.45, 2.75) is 32.7 Å². The summed E-state index contributed by atoms with van der Waals surface area (Å²) in [6.07, 6.45) is 0. The lowest BCUT2D eigenvalue weighted by molar-refractivity contribution is 0.101. The first-order valence-corrected chi connectivity index (χ1v) is 9.45. The normalized spacial score (nSPS) is 11.3. The van der Waals surface area contributed by atoms with Crippen LogP contribution >= 0.6 is 0 Å². The molecule has 1 N–H and O–H groups in total. The summed E-state index contributed by atoms with van der Waals surface area (Å²) < 4.78 is 1.79. The summed E-state index contributed by atoms with van der Waals surface area (Å²) >= 11 is 0. The van der Waals surface area contributed by atoms with E-state index in [-0.39, 0.29) is 11.3 Å². The Bertz CT molecular complexity index is 935. The maximum absolute atomic E-state index is 13.0. The lowest BCUT2D eigenvalue weighted by atomic mass is 9.92. The summed E-state index contributed by atoms with van der Waals surface area (Å²) in [4.78, 5) is 15.0. The maximum Gasteiger partial charge on any atom is 0.273 e. The monoisotopic (exact) mass is 376 g/mol. The van der Waals surface area contributed by atoms with E-state index in [2.05, 4.69) is 26.1 Å². The number of rotatable bonds is 5. The quantitative estimate of drug-likeness (QED) is 0.711. The molecule has 5 nitrogen and oxygen atoms in total. The highest BCUT2D eigenvalue weighted by molar-refractivity contribution is 6.03. The first-order chi connectivity index (χ1) is 13.2. The minimum absolute atomic E-state index is 0.135. The van der Waals surface area contributed by atoms with Crippen LogP contribution in [0, 0.1) is 0 Å². The number of carbonyl (C=O) groups is 1. The smallest absolute Gasteiger partial charge is 0.273 e. The van der Waals surface area contributed by atoms with Gasteiger partial charge in [-0.15, -0.1) is 0 Å². The Morgan fingerprint density at radius 1 is 1.04 bits per heavy atom. The highest BCUT2D eigenvalue weighted by Gasteiger charge is 2.23. The van der Waals surface area contributed by atoms with Crippen molar-refractivity contribution in [3.05, 3.63) is 77.6 Å². The molecular formula is C23H28N4O. The summed E-state index contributed by atoms with van der Waals surface area (Å²) in [5.41, 5.74) is 4.28. The Morgan fingerprint density at radius 3 is 2.25 bits per heavy atom. The lowest BCUT2D eigenvalue weighted by Gasteiger charge is -2.14. The van der Waals surface area contributed by atoms with E-state index in [1.165, 1.54) is 0 Å². The number of amides is 1. The van der Waals surface area contributed by atoms with Crippen LogP contribution in [-0.4, -0.2) is 29.8 Å². The van der Waals surface area contributed by atoms with Gasteiger partial charge in [-0.3, -0.25) is 9.48 Å². The van der Waals surface area contributed by atoms with Gasteiger partial charge >= 0.3 is 0 Å². The summed E-state index contributed by atoms with van der Waals surface area (Å²) in [6.45, 7) is 6.86. The van der Waals surface area contributed by atoms with E-state index in [4.69, 9.17) is 5.10 Å². The molecule has 0 bridgehead atoms. The van der Waals surface area contributed by atoms with Crippen LogP contribution in [0.1, 0.15) is 42.5 Å². The minimum Gasteiger partial charge on any atom is -0.378 e. The first-order valence-electron chi connectivity index (χ1n) is 9.45. The third-order valence-corrected chi connectivity index (χ3v) is 4.60. The van der Waals surface area contributed by atoms with Crippen LogP contribution in [0.5, 0.6) is 0 Å². The number of anilines is 2. The highest BCUT2D eigenvalue weighted by Crippen LogP contribution is 2.23. The zero-order valence-electron chi connectivity index (χ0n) is 17.2. The van der Waals surface area contributed by atoms with Gasteiger partial charge in [-0.2, -0.15) is 5.10 Å². The van der Waals surface area contributed by atoms with Gasteiger partial charge in [-0.1, -0.05) is 51.1 Å². The largest absolute Gasteiger partial charge is 0.378 e. The fourth-order valence-corrected chi connectivity index (χ4v) is 2.88. The van der Waals surface area contributed by atoms with E-state index in [0.29, 0.717) is 12.2 Å². The third-order valence-electron chi connectivity index (χ3n) is 4.60. The van der Waals surface area contributed by atoms with Crippen LogP contribution in [0.4, 0.5) is 11.4 Å². The molecule has 146 valence electrons. The fraction of sp³-hybridized carbons (Fsp3) is 0.304. The molecule has 3 aromatic rings. The molecule has 0 aliphatic carbocycles. The first kappa shape index (κ1) is 19.7. The zero-order chi connectivity index (χ0) is 20.3. The summed E-state index contributed by atoms with van der Waals surface area (Å²) in [6, 6.07) is 19.7. The number of aromatic nitrogens is 2. The van der Waals surface area contributed by atoms with E-state index < -0.39 is 0 Å². The average molecular weight is 377 g/mol. The number of hydrogen-bond donors (Lipinski definition) is 1. The third kappa shape index (κ3) is 4.60. The van der Waals surface area contributed by atoms with Crippen molar-refractivity contribution in [1.82, 2.24) is 9.78 Å². The molecule has 0 saturated heterocycles. The van der Waals surface area contributed by atoms with Crippen molar-refractivity contribution in [3.63, 3.8) is 0 Å². The number of nitrogens with zero attached hydrogens (tertiary/aromatic N) is 3. The van der Waals surface area contributed by atoms with Crippen molar-refractivity contribution >= 4 is 17.3 Å². The predicted octanol–water partition coefficient (Wildman–Crippen LogP) is 4.55. The number of carbonyl (C=O) groups excluding carboxylic acids is 1. The molecule has 28 heavy (non-hydrogen) atoms. The molecule has 1 heterocycles. The molecular weight excluding hydrogens is 348 g/mol. The van der Waals surface area contributed by atoms with E-state index in [0.717, 1.165) is 22.6 Å². The van der Waals surface area contributed by atoms with E-state index >= 15 is 0 Å². The van der Waals surface area contributed by atoms with E-state index in [9.17, 15) is 4.79 Å². The van der Waals surface area contributed by atoms with E-state index in [1.807, 2.05) is 79.7 Å². The van der Waals surface area contributed by atoms with Gasteiger partial charge in [0.25, 0.3) is 5.91 Å². The van der Waals surface area contributed by atoms with Crippen LogP contribution in [0.25, 0.3) is 0 Å².